The number of urea groups is 1. The number of aliphatic carboxylic acids is 1. The van der Waals surface area contributed by atoms with E-state index in [0.717, 1.165) is 19.3 Å². The predicted molar refractivity (Wildman–Crippen MR) is 69.5 cm³/mol. The fourth-order valence-electron chi connectivity index (χ4n) is 2.55. The van der Waals surface area contributed by atoms with Crippen LogP contribution in [-0.2, 0) is 4.79 Å². The van der Waals surface area contributed by atoms with Crippen molar-refractivity contribution < 1.29 is 14.7 Å². The van der Waals surface area contributed by atoms with Gasteiger partial charge in [-0.2, -0.15) is 0 Å². The summed E-state index contributed by atoms with van der Waals surface area (Å²) in [7, 11) is 0. The van der Waals surface area contributed by atoms with Gasteiger partial charge in [0, 0.05) is 19.6 Å². The van der Waals surface area contributed by atoms with E-state index in [0.29, 0.717) is 25.9 Å². The Morgan fingerprint density at radius 2 is 1.89 bits per heavy atom. The highest BCUT2D eigenvalue weighted by molar-refractivity contribution is 5.78. The molecular weight excluding hydrogens is 232 g/mol. The molecule has 5 heteroatoms. The van der Waals surface area contributed by atoms with Crippen LogP contribution in [0.15, 0.2) is 0 Å². The molecule has 1 fully saturated rings. The number of nitrogens with zero attached hydrogens (tertiary/aromatic N) is 1. The van der Waals surface area contributed by atoms with Crippen LogP contribution in [0.3, 0.4) is 0 Å². The molecule has 0 aromatic carbocycles. The Balaban J connectivity index is 2.52. The average Bonchev–Trinajstić information content (AvgIpc) is 2.83. The minimum Gasteiger partial charge on any atom is -0.481 e. The van der Waals surface area contributed by atoms with Crippen LogP contribution in [0.2, 0.25) is 0 Å². The lowest BCUT2D eigenvalue weighted by atomic mass is 9.86. The number of amides is 2. The van der Waals surface area contributed by atoms with E-state index in [-0.39, 0.29) is 12.6 Å². The van der Waals surface area contributed by atoms with Crippen molar-refractivity contribution in [1.29, 1.82) is 0 Å². The number of carboxylic acid groups (broad SMARTS) is 1. The number of carboxylic acids is 1. The Morgan fingerprint density at radius 3 is 2.33 bits per heavy atom. The molecule has 0 bridgehead atoms. The molecular formula is C13H24N2O3. The molecule has 1 aliphatic rings. The monoisotopic (exact) mass is 256 g/mol. The summed E-state index contributed by atoms with van der Waals surface area (Å²) in [6.07, 6.45) is 4.12. The van der Waals surface area contributed by atoms with Gasteiger partial charge in [-0.15, -0.1) is 0 Å². The van der Waals surface area contributed by atoms with E-state index < -0.39 is 11.4 Å². The topological polar surface area (TPSA) is 69.6 Å². The van der Waals surface area contributed by atoms with Gasteiger partial charge in [0.05, 0.1) is 5.41 Å². The molecule has 0 saturated heterocycles. The molecule has 0 aromatic rings. The summed E-state index contributed by atoms with van der Waals surface area (Å²) in [5.74, 6) is -0.779. The van der Waals surface area contributed by atoms with Gasteiger partial charge in [0.2, 0.25) is 0 Å². The van der Waals surface area contributed by atoms with E-state index in [4.69, 9.17) is 0 Å². The zero-order valence-corrected chi connectivity index (χ0v) is 11.4. The minimum absolute atomic E-state index is 0.146. The van der Waals surface area contributed by atoms with Gasteiger partial charge in [-0.1, -0.05) is 19.8 Å². The summed E-state index contributed by atoms with van der Waals surface area (Å²) in [6, 6.07) is -0.146. The van der Waals surface area contributed by atoms with Crippen molar-refractivity contribution in [2.24, 2.45) is 5.41 Å². The molecule has 1 aliphatic carbocycles. The number of carbonyl (C=O) groups is 2. The fraction of sp³-hybridized carbons (Fsp3) is 0.846. The second-order valence-corrected chi connectivity index (χ2v) is 5.03. The third-order valence-electron chi connectivity index (χ3n) is 3.75. The van der Waals surface area contributed by atoms with Crippen LogP contribution >= 0.6 is 0 Å². The summed E-state index contributed by atoms with van der Waals surface area (Å²) >= 11 is 0. The zero-order valence-electron chi connectivity index (χ0n) is 11.4. The average molecular weight is 256 g/mol. The van der Waals surface area contributed by atoms with Gasteiger partial charge < -0.3 is 15.3 Å². The molecule has 0 spiro atoms. The van der Waals surface area contributed by atoms with Crippen molar-refractivity contribution >= 4 is 12.0 Å². The first kappa shape index (κ1) is 14.8. The van der Waals surface area contributed by atoms with Gasteiger partial charge in [0.15, 0.2) is 0 Å². The van der Waals surface area contributed by atoms with Gasteiger partial charge in [-0.25, -0.2) is 4.79 Å². The third-order valence-corrected chi connectivity index (χ3v) is 3.75. The smallest absolute Gasteiger partial charge is 0.317 e. The first-order valence-corrected chi connectivity index (χ1v) is 6.82. The van der Waals surface area contributed by atoms with E-state index >= 15 is 0 Å². The summed E-state index contributed by atoms with van der Waals surface area (Å²) in [5, 5.41) is 12.1. The lowest BCUT2D eigenvalue weighted by Gasteiger charge is -2.27. The third kappa shape index (κ3) is 3.37. The quantitative estimate of drug-likeness (QED) is 0.764. The maximum Gasteiger partial charge on any atom is 0.317 e. The molecule has 0 heterocycles. The highest BCUT2D eigenvalue weighted by atomic mass is 16.4. The number of carbonyl (C=O) groups excluding carboxylic acids is 1. The van der Waals surface area contributed by atoms with Crippen LogP contribution in [-0.4, -0.2) is 41.6 Å². The predicted octanol–water partition coefficient (Wildman–Crippen LogP) is 2.07. The summed E-state index contributed by atoms with van der Waals surface area (Å²) in [4.78, 5) is 25.0. The van der Waals surface area contributed by atoms with Crippen molar-refractivity contribution in [1.82, 2.24) is 10.2 Å². The molecule has 1 saturated carbocycles. The van der Waals surface area contributed by atoms with Gasteiger partial charge in [-0.3, -0.25) is 4.79 Å². The summed E-state index contributed by atoms with van der Waals surface area (Å²) in [6.45, 7) is 5.56. The van der Waals surface area contributed by atoms with Gasteiger partial charge >= 0.3 is 12.0 Å². The van der Waals surface area contributed by atoms with Crippen LogP contribution in [0.4, 0.5) is 4.79 Å². The van der Waals surface area contributed by atoms with Gasteiger partial charge in [-0.05, 0) is 26.2 Å². The second-order valence-electron chi connectivity index (χ2n) is 5.03. The Labute approximate surface area is 109 Å². The molecule has 2 N–H and O–H groups in total. The van der Waals surface area contributed by atoms with Crippen molar-refractivity contribution in [3.63, 3.8) is 0 Å². The molecule has 5 nitrogen and oxygen atoms in total. The van der Waals surface area contributed by atoms with E-state index in [1.54, 1.807) is 4.90 Å². The Bertz CT molecular complexity index is 299. The number of nitrogens with one attached hydrogen (secondary N) is 1. The van der Waals surface area contributed by atoms with Crippen LogP contribution in [0.25, 0.3) is 0 Å². The summed E-state index contributed by atoms with van der Waals surface area (Å²) < 4.78 is 0. The van der Waals surface area contributed by atoms with Gasteiger partial charge in [0.25, 0.3) is 0 Å². The first-order valence-electron chi connectivity index (χ1n) is 6.82. The van der Waals surface area contributed by atoms with E-state index in [1.165, 1.54) is 0 Å². The number of hydrogen-bond donors (Lipinski definition) is 2. The SMILES string of the molecule is CCCN(CC)C(=O)NCC1(C(=O)O)CCCC1. The number of rotatable bonds is 6. The van der Waals surface area contributed by atoms with Crippen molar-refractivity contribution in [2.45, 2.75) is 46.0 Å². The van der Waals surface area contributed by atoms with Crippen molar-refractivity contribution in [3.8, 4) is 0 Å². The molecule has 0 unspecified atom stereocenters. The maximum absolute atomic E-state index is 11.9. The van der Waals surface area contributed by atoms with E-state index in [9.17, 15) is 14.7 Å². The molecule has 0 aromatic heterocycles. The van der Waals surface area contributed by atoms with E-state index in [1.807, 2.05) is 13.8 Å². The molecule has 0 radical (unpaired) electrons. The molecule has 1 rings (SSSR count). The zero-order chi connectivity index (χ0) is 13.6. The van der Waals surface area contributed by atoms with Crippen molar-refractivity contribution in [2.75, 3.05) is 19.6 Å². The van der Waals surface area contributed by atoms with Crippen molar-refractivity contribution in [3.05, 3.63) is 0 Å². The number of hydrogen-bond acceptors (Lipinski definition) is 2. The maximum atomic E-state index is 11.9. The highest BCUT2D eigenvalue weighted by Crippen LogP contribution is 2.37. The lowest BCUT2D eigenvalue weighted by Crippen LogP contribution is -2.46. The molecule has 104 valence electrons. The molecule has 0 aliphatic heterocycles. The molecule has 0 atom stereocenters. The molecule has 2 amide bonds. The summed E-state index contributed by atoms with van der Waals surface area (Å²) in [5.41, 5.74) is -0.735. The second kappa shape index (κ2) is 6.61. The largest absolute Gasteiger partial charge is 0.481 e. The Hall–Kier alpha value is -1.26. The Morgan fingerprint density at radius 1 is 1.28 bits per heavy atom. The van der Waals surface area contributed by atoms with Crippen LogP contribution in [0, 0.1) is 5.41 Å². The van der Waals surface area contributed by atoms with E-state index in [2.05, 4.69) is 5.32 Å². The van der Waals surface area contributed by atoms with Crippen LogP contribution < -0.4 is 5.32 Å². The standard InChI is InChI=1S/C13H24N2O3/c1-3-9-15(4-2)12(18)14-10-13(11(16)17)7-5-6-8-13/h3-10H2,1-2H3,(H,14,18)(H,16,17). The highest BCUT2D eigenvalue weighted by Gasteiger charge is 2.41. The normalized spacial score (nSPS) is 17.4. The lowest BCUT2D eigenvalue weighted by molar-refractivity contribution is -0.148. The van der Waals surface area contributed by atoms with Crippen LogP contribution in [0.1, 0.15) is 46.0 Å². The minimum atomic E-state index is -0.779. The Kier molecular flexibility index (Phi) is 5.44. The van der Waals surface area contributed by atoms with Gasteiger partial charge in [0.1, 0.15) is 0 Å². The first-order chi connectivity index (χ1) is 8.55. The molecule has 18 heavy (non-hydrogen) atoms. The van der Waals surface area contributed by atoms with Crippen LogP contribution in [0.5, 0.6) is 0 Å². The fourth-order valence-corrected chi connectivity index (χ4v) is 2.55.